The van der Waals surface area contributed by atoms with Gasteiger partial charge in [-0.15, -0.1) is 0 Å². The number of carbonyl (C=O) groups excluding carboxylic acids is 1. The second-order valence-electron chi connectivity index (χ2n) is 5.81. The Bertz CT molecular complexity index is 792. The maximum absolute atomic E-state index is 13.4. The molecule has 0 aliphatic carbocycles. The summed E-state index contributed by atoms with van der Waals surface area (Å²) in [5.74, 6) is -12.4. The first kappa shape index (κ1) is 20.7. The fourth-order valence-electron chi connectivity index (χ4n) is 2.26. The summed E-state index contributed by atoms with van der Waals surface area (Å²) in [4.78, 5) is 11.9. The van der Waals surface area contributed by atoms with Crippen LogP contribution in [0.15, 0.2) is 24.3 Å². The van der Waals surface area contributed by atoms with Gasteiger partial charge in [0.1, 0.15) is 13.2 Å². The molecule has 2 aromatic rings. The van der Waals surface area contributed by atoms with Crippen LogP contribution in [-0.4, -0.2) is 19.2 Å². The lowest BCUT2D eigenvalue weighted by molar-refractivity contribution is 0.0444. The Morgan fingerprint density at radius 1 is 0.889 bits per heavy atom. The minimum absolute atomic E-state index is 0.262. The molecule has 3 nitrogen and oxygen atoms in total. The van der Waals surface area contributed by atoms with Crippen LogP contribution in [0.5, 0.6) is 5.75 Å². The van der Waals surface area contributed by atoms with Crippen LogP contribution in [0, 0.1) is 29.1 Å². The van der Waals surface area contributed by atoms with Crippen LogP contribution in [0.1, 0.15) is 42.1 Å². The van der Waals surface area contributed by atoms with Crippen molar-refractivity contribution in [2.24, 2.45) is 0 Å². The van der Waals surface area contributed by atoms with Crippen LogP contribution < -0.4 is 4.74 Å². The van der Waals surface area contributed by atoms with Gasteiger partial charge in [0.05, 0.1) is 5.56 Å². The summed E-state index contributed by atoms with van der Waals surface area (Å²) in [6.45, 7) is 3.06. The molecule has 1 atom stereocenters. The molecule has 0 bridgehead atoms. The minimum Gasteiger partial charge on any atom is -0.484 e. The van der Waals surface area contributed by atoms with Gasteiger partial charge in [-0.05, 0) is 30.0 Å². The third kappa shape index (κ3) is 4.56. The zero-order valence-corrected chi connectivity index (χ0v) is 14.6. The van der Waals surface area contributed by atoms with Crippen molar-refractivity contribution in [2.45, 2.75) is 26.2 Å². The molecule has 2 aromatic carbocycles. The van der Waals surface area contributed by atoms with E-state index >= 15 is 0 Å². The van der Waals surface area contributed by atoms with Crippen molar-refractivity contribution in [3.8, 4) is 5.75 Å². The summed E-state index contributed by atoms with van der Waals surface area (Å²) in [7, 11) is 0. The first-order valence-electron chi connectivity index (χ1n) is 8.19. The molecule has 0 spiro atoms. The third-order valence-electron chi connectivity index (χ3n) is 4.06. The molecule has 27 heavy (non-hydrogen) atoms. The van der Waals surface area contributed by atoms with E-state index in [1.165, 1.54) is 0 Å². The van der Waals surface area contributed by atoms with E-state index in [0.717, 1.165) is 12.0 Å². The first-order valence-corrected chi connectivity index (χ1v) is 8.19. The molecule has 0 aliphatic heterocycles. The van der Waals surface area contributed by atoms with E-state index in [0.29, 0.717) is 5.92 Å². The maximum Gasteiger partial charge on any atom is 0.338 e. The molecule has 146 valence electrons. The Morgan fingerprint density at radius 2 is 1.41 bits per heavy atom. The molecule has 0 aliphatic rings. The van der Waals surface area contributed by atoms with Crippen LogP contribution in [0.4, 0.5) is 22.0 Å². The number of ether oxygens (including phenoxy) is 2. The Balaban J connectivity index is 1.93. The second kappa shape index (κ2) is 8.83. The molecular weight excluding hydrogens is 371 g/mol. The van der Waals surface area contributed by atoms with Crippen LogP contribution in [0.2, 0.25) is 0 Å². The maximum atomic E-state index is 13.4. The number of hydrogen-bond acceptors (Lipinski definition) is 3. The summed E-state index contributed by atoms with van der Waals surface area (Å²) in [5.41, 5.74) is 1.32. The van der Waals surface area contributed by atoms with E-state index in [9.17, 15) is 26.7 Å². The molecule has 0 heterocycles. The van der Waals surface area contributed by atoms with E-state index in [4.69, 9.17) is 4.74 Å². The molecular formula is C19H17F5O3. The predicted octanol–water partition coefficient (Wildman–Crippen LogP) is 5.13. The molecule has 8 heteroatoms. The molecule has 0 fully saturated rings. The van der Waals surface area contributed by atoms with E-state index in [1.54, 1.807) is 24.3 Å². The van der Waals surface area contributed by atoms with Gasteiger partial charge >= 0.3 is 5.97 Å². The highest BCUT2D eigenvalue weighted by Crippen LogP contribution is 2.29. The number of halogens is 5. The summed E-state index contributed by atoms with van der Waals surface area (Å²) in [6, 6.07) is 6.73. The van der Waals surface area contributed by atoms with Gasteiger partial charge in [-0.2, -0.15) is 8.78 Å². The average molecular weight is 388 g/mol. The lowest BCUT2D eigenvalue weighted by atomic mass is 9.98. The van der Waals surface area contributed by atoms with Gasteiger partial charge in [0, 0.05) is 0 Å². The Labute approximate surface area is 152 Å². The number of rotatable bonds is 7. The van der Waals surface area contributed by atoms with Gasteiger partial charge in [0.15, 0.2) is 5.75 Å². The zero-order valence-electron chi connectivity index (χ0n) is 14.6. The Hall–Kier alpha value is -2.64. The van der Waals surface area contributed by atoms with E-state index < -0.39 is 54.0 Å². The lowest BCUT2D eigenvalue weighted by Gasteiger charge is -2.11. The van der Waals surface area contributed by atoms with E-state index in [1.807, 2.05) is 13.8 Å². The van der Waals surface area contributed by atoms with Crippen LogP contribution in [-0.2, 0) is 4.74 Å². The highest BCUT2D eigenvalue weighted by molar-refractivity contribution is 5.89. The topological polar surface area (TPSA) is 35.5 Å². The Kier molecular flexibility index (Phi) is 6.76. The summed E-state index contributed by atoms with van der Waals surface area (Å²) < 4.78 is 75.3. The highest BCUT2D eigenvalue weighted by atomic mass is 19.2. The molecule has 2 rings (SSSR count). The van der Waals surface area contributed by atoms with Crippen molar-refractivity contribution in [1.82, 2.24) is 0 Å². The molecule has 0 N–H and O–H groups in total. The van der Waals surface area contributed by atoms with E-state index in [-0.39, 0.29) is 5.56 Å². The molecule has 0 saturated carbocycles. The molecule has 0 aromatic heterocycles. The monoisotopic (exact) mass is 388 g/mol. The fourth-order valence-corrected chi connectivity index (χ4v) is 2.26. The average Bonchev–Trinajstić information content (AvgIpc) is 2.69. The van der Waals surface area contributed by atoms with Crippen molar-refractivity contribution in [2.75, 3.05) is 13.2 Å². The SMILES string of the molecule is CCC(C)c1ccc(C(=O)OCCOc2c(F)c(F)c(F)c(F)c2F)cc1. The largest absolute Gasteiger partial charge is 0.484 e. The van der Waals surface area contributed by atoms with Crippen molar-refractivity contribution in [3.63, 3.8) is 0 Å². The normalized spacial score (nSPS) is 12.0. The van der Waals surface area contributed by atoms with Crippen molar-refractivity contribution < 1.29 is 36.2 Å². The van der Waals surface area contributed by atoms with Gasteiger partial charge in [-0.1, -0.05) is 26.0 Å². The number of benzene rings is 2. The minimum atomic E-state index is -2.27. The van der Waals surface area contributed by atoms with Gasteiger partial charge < -0.3 is 9.47 Å². The smallest absolute Gasteiger partial charge is 0.338 e. The quantitative estimate of drug-likeness (QED) is 0.217. The van der Waals surface area contributed by atoms with Gasteiger partial charge in [-0.25, -0.2) is 18.0 Å². The van der Waals surface area contributed by atoms with Crippen LogP contribution >= 0.6 is 0 Å². The first-order chi connectivity index (χ1) is 12.8. The lowest BCUT2D eigenvalue weighted by Crippen LogP contribution is -2.14. The van der Waals surface area contributed by atoms with E-state index in [2.05, 4.69) is 4.74 Å². The molecule has 1 unspecified atom stereocenters. The number of hydrogen-bond donors (Lipinski definition) is 0. The number of carbonyl (C=O) groups is 1. The second-order valence-corrected chi connectivity index (χ2v) is 5.81. The summed E-state index contributed by atoms with van der Waals surface area (Å²) in [6.07, 6.45) is 0.943. The fraction of sp³-hybridized carbons (Fsp3) is 0.316. The standard InChI is InChI=1S/C19H17F5O3/c1-3-10(2)11-4-6-12(7-5-11)19(25)27-9-8-26-18-16(23)14(21)13(20)15(22)17(18)24/h4-7,10H,3,8-9H2,1-2H3. The molecule has 0 radical (unpaired) electrons. The van der Waals surface area contributed by atoms with Crippen molar-refractivity contribution >= 4 is 5.97 Å². The molecule has 0 saturated heterocycles. The zero-order chi connectivity index (χ0) is 20.1. The van der Waals surface area contributed by atoms with Gasteiger partial charge in [0.2, 0.25) is 29.1 Å². The van der Waals surface area contributed by atoms with Crippen LogP contribution in [0.25, 0.3) is 0 Å². The number of esters is 1. The van der Waals surface area contributed by atoms with Gasteiger partial charge in [0.25, 0.3) is 0 Å². The highest BCUT2D eigenvalue weighted by Gasteiger charge is 2.27. The van der Waals surface area contributed by atoms with Gasteiger partial charge in [-0.3, -0.25) is 0 Å². The van der Waals surface area contributed by atoms with Crippen molar-refractivity contribution in [1.29, 1.82) is 0 Å². The van der Waals surface area contributed by atoms with Crippen molar-refractivity contribution in [3.05, 3.63) is 64.5 Å². The summed E-state index contributed by atoms with van der Waals surface area (Å²) >= 11 is 0. The Morgan fingerprint density at radius 3 is 1.93 bits per heavy atom. The molecule has 0 amide bonds. The predicted molar refractivity (Wildman–Crippen MR) is 87.2 cm³/mol. The third-order valence-corrected chi connectivity index (χ3v) is 4.06. The summed E-state index contributed by atoms with van der Waals surface area (Å²) in [5, 5.41) is 0. The van der Waals surface area contributed by atoms with Crippen LogP contribution in [0.3, 0.4) is 0 Å².